The molecule has 24 heteroatoms. The predicted octanol–water partition coefficient (Wildman–Crippen LogP) is -3.13. The first-order valence-electron chi connectivity index (χ1n) is 22.8. The van der Waals surface area contributed by atoms with Gasteiger partial charge in [0.2, 0.25) is 35.4 Å². The Balaban J connectivity index is 1.90. The molecule has 5 unspecified atom stereocenters. The molecule has 0 aromatic heterocycles. The Morgan fingerprint density at radius 3 is 1.81 bits per heavy atom. The second kappa shape index (κ2) is 31.7. The molecule has 1 aromatic carbocycles. The van der Waals surface area contributed by atoms with E-state index in [0.717, 1.165) is 5.56 Å². The molecule has 384 valence electrons. The van der Waals surface area contributed by atoms with E-state index in [1.165, 1.54) is 25.6 Å². The average molecular weight is 1000 g/mol. The van der Waals surface area contributed by atoms with Crippen LogP contribution in [0.3, 0.4) is 0 Å². The van der Waals surface area contributed by atoms with E-state index >= 15 is 0 Å². The molecule has 22 nitrogen and oxygen atoms in total. The van der Waals surface area contributed by atoms with Gasteiger partial charge in [-0.05, 0) is 108 Å². The number of rotatable bonds is 31. The number of hydrogen-bond acceptors (Lipinski definition) is 17. The maximum Gasteiger partial charge on any atom is 0.251 e. The number of amides is 7. The van der Waals surface area contributed by atoms with Gasteiger partial charge in [0.25, 0.3) is 5.91 Å². The average Bonchev–Trinajstić information content (AvgIpc) is 3.30. The smallest absolute Gasteiger partial charge is 0.251 e. The van der Waals surface area contributed by atoms with Gasteiger partial charge in [-0.3, -0.25) is 38.4 Å². The van der Waals surface area contributed by atoms with Crippen LogP contribution in [-0.4, -0.2) is 172 Å². The van der Waals surface area contributed by atoms with E-state index in [4.69, 9.17) is 16.2 Å². The van der Waals surface area contributed by atoms with E-state index in [2.05, 4.69) is 49.8 Å². The van der Waals surface area contributed by atoms with Crippen molar-refractivity contribution in [3.8, 4) is 0 Å². The standard InChI is InChI=1S/C44H73N9O13S2/c1-24(2)19-31(26(4)55)52-42(64)30(10-6-8-17-46)50-39(61)25(3)49-35(57)21-47-34(56)20-48-41(63)29(9-5-7-16-45)51-43(65)32(23-67)53-40(62)28-13-11-27(12-14-28)15-18-68-44-38(60)37(59)36(58)33(22-54)66-44/h11-14,24-25,29-33,36-38,44,54,58-60,67H,5-10,15-23,45-46H2,1-4H3,(H,47,56)(H,48,63)(H,49,57)(H,50,61)(H,51,65)(H,52,64)(H,53,62)/t25?,29?,30?,31?,32?,33-,36+,37+,38-,44+/m1/s1. The summed E-state index contributed by atoms with van der Waals surface area (Å²) < 4.78 is 5.52. The van der Waals surface area contributed by atoms with Crippen LogP contribution in [0.15, 0.2) is 24.3 Å². The Labute approximate surface area is 407 Å². The predicted molar refractivity (Wildman–Crippen MR) is 257 cm³/mol. The molecule has 1 fully saturated rings. The van der Waals surface area contributed by atoms with Crippen molar-refractivity contribution >= 4 is 71.5 Å². The summed E-state index contributed by atoms with van der Waals surface area (Å²) in [5.41, 5.74) is 11.4. The lowest BCUT2D eigenvalue weighted by Crippen LogP contribution is -2.57. The summed E-state index contributed by atoms with van der Waals surface area (Å²) in [5, 5.41) is 57.5. The number of hydrogen-bond donors (Lipinski definition) is 14. The Morgan fingerprint density at radius 2 is 1.25 bits per heavy atom. The topological polar surface area (TPSA) is 363 Å². The number of Topliss-reactive ketones (excluding diaryl/α,β-unsaturated/α-hetero) is 1. The number of aliphatic hydroxyl groups is 4. The molecule has 1 aromatic rings. The molecule has 1 heterocycles. The molecule has 1 aliphatic heterocycles. The second-order valence-corrected chi connectivity index (χ2v) is 18.6. The summed E-state index contributed by atoms with van der Waals surface area (Å²) in [4.78, 5) is 103. The number of nitrogens with two attached hydrogens (primary N) is 2. The van der Waals surface area contributed by atoms with Gasteiger partial charge in [0.05, 0.1) is 25.7 Å². The van der Waals surface area contributed by atoms with E-state index in [1.54, 1.807) is 24.3 Å². The highest BCUT2D eigenvalue weighted by Crippen LogP contribution is 2.29. The van der Waals surface area contributed by atoms with Crippen LogP contribution in [0.1, 0.15) is 88.6 Å². The molecule has 0 spiro atoms. The number of unbranched alkanes of at least 4 members (excludes halogenated alkanes) is 2. The number of ketones is 1. The van der Waals surface area contributed by atoms with Gasteiger partial charge in [0.15, 0.2) is 5.78 Å². The molecule has 0 radical (unpaired) electrons. The Bertz CT molecular complexity index is 1800. The molecule has 0 aliphatic carbocycles. The fraction of sp³-hybridized carbons (Fsp3) is 0.682. The molecule has 0 saturated carbocycles. The Morgan fingerprint density at radius 1 is 0.691 bits per heavy atom. The summed E-state index contributed by atoms with van der Waals surface area (Å²) in [5.74, 6) is -4.51. The van der Waals surface area contributed by atoms with Crippen molar-refractivity contribution in [1.29, 1.82) is 0 Å². The van der Waals surface area contributed by atoms with Crippen molar-refractivity contribution in [3.05, 3.63) is 35.4 Å². The van der Waals surface area contributed by atoms with Gasteiger partial charge >= 0.3 is 0 Å². The number of carbonyl (C=O) groups is 8. The SMILES string of the molecule is CC(=O)C(CC(C)C)NC(=O)C(CCCCN)NC(=O)C(C)NC(=O)CNC(=O)CNC(=O)C(CCCCN)NC(=O)C(CS)NC(=O)c1ccc(CCS[C@@H]2O[C@H](CO)[C@H](O)[C@H](O)[C@H]2O)cc1. The zero-order chi connectivity index (χ0) is 50.9. The first kappa shape index (κ1) is 59.7. The Kier molecular flexibility index (Phi) is 27.8. The minimum absolute atomic E-state index is 0.126. The first-order valence-corrected chi connectivity index (χ1v) is 24.5. The first-order chi connectivity index (χ1) is 32.3. The van der Waals surface area contributed by atoms with Crippen molar-refractivity contribution in [2.75, 3.05) is 44.3 Å². The van der Waals surface area contributed by atoms with Gasteiger partial charge in [-0.1, -0.05) is 26.0 Å². The third-order valence-corrected chi connectivity index (χ3v) is 12.4. The highest BCUT2D eigenvalue weighted by atomic mass is 32.2. The number of thiol groups is 1. The lowest BCUT2D eigenvalue weighted by molar-refractivity contribution is -0.205. The van der Waals surface area contributed by atoms with Gasteiger partial charge in [-0.25, -0.2) is 0 Å². The van der Waals surface area contributed by atoms with Crippen LogP contribution >= 0.6 is 24.4 Å². The fourth-order valence-electron chi connectivity index (χ4n) is 6.81. The number of aliphatic hydroxyl groups excluding tert-OH is 4. The van der Waals surface area contributed by atoms with Crippen LogP contribution in [0.2, 0.25) is 0 Å². The molecule has 15 N–H and O–H groups in total. The van der Waals surface area contributed by atoms with Crippen LogP contribution in [-0.2, 0) is 44.7 Å². The third kappa shape index (κ3) is 21.1. The highest BCUT2D eigenvalue weighted by molar-refractivity contribution is 7.99. The van der Waals surface area contributed by atoms with Crippen molar-refractivity contribution in [1.82, 2.24) is 37.2 Å². The van der Waals surface area contributed by atoms with Crippen LogP contribution in [0.25, 0.3) is 0 Å². The number of benzene rings is 1. The van der Waals surface area contributed by atoms with E-state index in [1.807, 2.05) is 13.8 Å². The number of ether oxygens (including phenoxy) is 1. The molecule has 10 atom stereocenters. The molecular weight excluding hydrogens is 927 g/mol. The molecule has 1 saturated heterocycles. The van der Waals surface area contributed by atoms with Crippen LogP contribution < -0.4 is 48.7 Å². The quantitative estimate of drug-likeness (QED) is 0.0258. The van der Waals surface area contributed by atoms with Gasteiger partial charge in [0, 0.05) is 11.3 Å². The van der Waals surface area contributed by atoms with Crippen molar-refractivity contribution < 1.29 is 63.5 Å². The Hall–Kier alpha value is -4.40. The van der Waals surface area contributed by atoms with Gasteiger partial charge in [0.1, 0.15) is 54.0 Å². The molecule has 1 aliphatic rings. The fourth-order valence-corrected chi connectivity index (χ4v) is 8.23. The molecular formula is C44H73N9O13S2. The number of nitrogens with one attached hydrogen (secondary N) is 7. The highest BCUT2D eigenvalue weighted by Gasteiger charge is 2.43. The lowest BCUT2D eigenvalue weighted by atomic mass is 10.00. The van der Waals surface area contributed by atoms with Gasteiger partial charge in [-0.15, -0.1) is 11.8 Å². The summed E-state index contributed by atoms with van der Waals surface area (Å²) in [7, 11) is 0. The largest absolute Gasteiger partial charge is 0.394 e. The molecule has 68 heavy (non-hydrogen) atoms. The molecule has 0 bridgehead atoms. The van der Waals surface area contributed by atoms with E-state index in [-0.39, 0.29) is 35.9 Å². The minimum atomic E-state index is -1.47. The maximum atomic E-state index is 13.4. The van der Waals surface area contributed by atoms with E-state index in [9.17, 15) is 58.8 Å². The second-order valence-electron chi connectivity index (χ2n) is 17.0. The van der Waals surface area contributed by atoms with E-state index < -0.39 is 121 Å². The monoisotopic (exact) mass is 999 g/mol. The summed E-state index contributed by atoms with van der Waals surface area (Å²) >= 11 is 5.42. The maximum absolute atomic E-state index is 13.4. The van der Waals surface area contributed by atoms with Crippen molar-refractivity contribution in [2.45, 2.75) is 139 Å². The van der Waals surface area contributed by atoms with Gasteiger partial charge in [-0.2, -0.15) is 12.6 Å². The number of thioether (sulfide) groups is 1. The van der Waals surface area contributed by atoms with Crippen molar-refractivity contribution in [3.63, 3.8) is 0 Å². The number of aryl methyl sites for hydroxylation is 1. The molecule has 7 amide bonds. The molecule has 2 rings (SSSR count). The third-order valence-electron chi connectivity index (χ3n) is 10.9. The number of carbonyl (C=O) groups excluding carboxylic acids is 8. The van der Waals surface area contributed by atoms with Crippen LogP contribution in [0.5, 0.6) is 0 Å². The van der Waals surface area contributed by atoms with Crippen LogP contribution in [0.4, 0.5) is 0 Å². The van der Waals surface area contributed by atoms with E-state index in [0.29, 0.717) is 57.4 Å². The van der Waals surface area contributed by atoms with Crippen molar-refractivity contribution in [2.24, 2.45) is 17.4 Å². The zero-order valence-electron chi connectivity index (χ0n) is 39.2. The van der Waals surface area contributed by atoms with Gasteiger partial charge < -0.3 is 73.8 Å². The zero-order valence-corrected chi connectivity index (χ0v) is 41.0. The summed E-state index contributed by atoms with van der Waals surface area (Å²) in [6.45, 7) is 5.64. The summed E-state index contributed by atoms with van der Waals surface area (Å²) in [6.07, 6.45) is -1.91. The lowest BCUT2D eigenvalue weighted by Gasteiger charge is -2.39. The normalized spacial score (nSPS) is 20.1. The van der Waals surface area contributed by atoms with Crippen LogP contribution in [0, 0.1) is 5.92 Å². The minimum Gasteiger partial charge on any atom is -0.394 e. The summed E-state index contributed by atoms with van der Waals surface area (Å²) in [6, 6.07) is 1.37.